The predicted molar refractivity (Wildman–Crippen MR) is 61.8 cm³/mol. The molecule has 0 fully saturated rings. The highest BCUT2D eigenvalue weighted by molar-refractivity contribution is 5.52. The van der Waals surface area contributed by atoms with Crippen molar-refractivity contribution < 1.29 is 73.1 Å². The van der Waals surface area contributed by atoms with Gasteiger partial charge in [0, 0.05) is 17.2 Å². The summed E-state index contributed by atoms with van der Waals surface area (Å²) in [6.07, 6.45) is -27.2. The van der Waals surface area contributed by atoms with Crippen LogP contribution in [-0.2, 0) is 11.2 Å². The zero-order chi connectivity index (χ0) is 22.7. The first-order chi connectivity index (χ1) is 12.0. The number of phenolic OH excluding ortho intramolecular Hbond substituents is 2. The van der Waals surface area contributed by atoms with Gasteiger partial charge in [-0.25, -0.2) is 0 Å². The van der Waals surface area contributed by atoms with Crippen molar-refractivity contribution in [1.29, 1.82) is 0 Å². The Kier molecular flexibility index (Phi) is 5.30. The van der Waals surface area contributed by atoms with E-state index in [0.29, 0.717) is 0 Å². The highest BCUT2D eigenvalue weighted by Gasteiger charge is 2.75. The lowest BCUT2D eigenvalue weighted by Gasteiger charge is -2.36. The normalized spacial score (nSPS) is 15.1. The van der Waals surface area contributed by atoms with Gasteiger partial charge in [-0.05, 0) is 6.07 Å². The number of rotatable bonds is 2. The standard InChI is InChI=1S/C12H6F12O4/c13-9(14,15)7(27,10(16,17)18)3-1-4(6(26)2-5(3)25)8(28,11(19,20)21)12(22,23)24/h1-2,25-28H. The summed E-state index contributed by atoms with van der Waals surface area (Å²) < 4.78 is 154. The zero-order valence-corrected chi connectivity index (χ0v) is 12.5. The summed E-state index contributed by atoms with van der Waals surface area (Å²) in [5.41, 5.74) is -18.2. The maximum absolute atomic E-state index is 12.8. The Morgan fingerprint density at radius 3 is 0.857 bits per heavy atom. The quantitative estimate of drug-likeness (QED) is 0.527. The number of aliphatic hydroxyl groups is 2. The predicted octanol–water partition coefficient (Wildman–Crippen LogP) is 3.72. The zero-order valence-electron chi connectivity index (χ0n) is 12.5. The lowest BCUT2D eigenvalue weighted by molar-refractivity contribution is -0.378. The third-order valence-electron chi connectivity index (χ3n) is 3.53. The van der Waals surface area contributed by atoms with Gasteiger partial charge in [-0.2, -0.15) is 52.7 Å². The van der Waals surface area contributed by atoms with Crippen LogP contribution in [0.2, 0.25) is 0 Å². The Balaban J connectivity index is 4.08. The topological polar surface area (TPSA) is 80.9 Å². The molecule has 0 spiro atoms. The van der Waals surface area contributed by atoms with Gasteiger partial charge in [0.15, 0.2) is 0 Å². The number of benzene rings is 1. The third-order valence-corrected chi connectivity index (χ3v) is 3.53. The fraction of sp³-hybridized carbons (Fsp3) is 0.500. The van der Waals surface area contributed by atoms with Crippen LogP contribution in [0.5, 0.6) is 11.5 Å². The number of hydrogen-bond acceptors (Lipinski definition) is 4. The molecular weight excluding hydrogens is 436 g/mol. The van der Waals surface area contributed by atoms with E-state index in [1.54, 1.807) is 0 Å². The van der Waals surface area contributed by atoms with Gasteiger partial charge in [0.25, 0.3) is 11.2 Å². The number of alkyl halides is 12. The average Bonchev–Trinajstić information content (AvgIpc) is 2.41. The van der Waals surface area contributed by atoms with Crippen molar-refractivity contribution >= 4 is 0 Å². The average molecular weight is 442 g/mol. The molecule has 0 saturated carbocycles. The molecule has 1 aromatic rings. The first-order valence-electron chi connectivity index (χ1n) is 6.32. The summed E-state index contributed by atoms with van der Waals surface area (Å²) >= 11 is 0. The molecule has 0 heterocycles. The minimum Gasteiger partial charge on any atom is -0.507 e. The van der Waals surface area contributed by atoms with E-state index in [-0.39, 0.29) is 0 Å². The Morgan fingerprint density at radius 2 is 0.679 bits per heavy atom. The van der Waals surface area contributed by atoms with E-state index in [1.807, 2.05) is 0 Å². The Bertz CT molecular complexity index is 656. The molecule has 0 atom stereocenters. The SMILES string of the molecule is Oc1cc(O)c(C(O)(C(F)(F)F)C(F)(F)F)cc1C(O)(C(F)(F)F)C(F)(F)F. The Morgan fingerprint density at radius 1 is 0.464 bits per heavy atom. The number of aromatic hydroxyl groups is 2. The molecule has 1 aromatic carbocycles. The molecule has 4 N–H and O–H groups in total. The second-order valence-electron chi connectivity index (χ2n) is 5.30. The minimum atomic E-state index is -6.80. The first kappa shape index (κ1) is 23.9. The molecule has 28 heavy (non-hydrogen) atoms. The first-order valence-corrected chi connectivity index (χ1v) is 6.32. The molecular formula is C12H6F12O4. The molecule has 0 unspecified atom stereocenters. The summed E-state index contributed by atoms with van der Waals surface area (Å²) in [6, 6.07) is -2.04. The summed E-state index contributed by atoms with van der Waals surface area (Å²) in [7, 11) is 0. The van der Waals surface area contributed by atoms with Gasteiger partial charge in [-0.1, -0.05) is 0 Å². The molecule has 1 rings (SSSR count). The second kappa shape index (κ2) is 6.20. The molecule has 0 aromatic heterocycles. The number of halogens is 12. The van der Waals surface area contributed by atoms with Crippen LogP contribution in [0.3, 0.4) is 0 Å². The van der Waals surface area contributed by atoms with E-state index in [1.165, 1.54) is 0 Å². The molecule has 4 nitrogen and oxygen atoms in total. The van der Waals surface area contributed by atoms with Gasteiger partial charge in [-0.15, -0.1) is 0 Å². The van der Waals surface area contributed by atoms with Crippen molar-refractivity contribution in [2.24, 2.45) is 0 Å². The van der Waals surface area contributed by atoms with Crippen molar-refractivity contribution in [3.05, 3.63) is 23.3 Å². The van der Waals surface area contributed by atoms with Crippen LogP contribution in [-0.4, -0.2) is 45.1 Å². The fourth-order valence-corrected chi connectivity index (χ4v) is 2.09. The molecule has 0 aliphatic carbocycles. The van der Waals surface area contributed by atoms with Gasteiger partial charge in [0.05, 0.1) is 0 Å². The molecule has 0 saturated heterocycles. The van der Waals surface area contributed by atoms with Crippen LogP contribution in [0.1, 0.15) is 11.1 Å². The van der Waals surface area contributed by atoms with E-state index in [2.05, 4.69) is 0 Å². The summed E-state index contributed by atoms with van der Waals surface area (Å²) in [4.78, 5) is 0. The second-order valence-corrected chi connectivity index (χ2v) is 5.30. The maximum Gasteiger partial charge on any atom is 0.430 e. The summed E-state index contributed by atoms with van der Waals surface area (Å²) in [5.74, 6) is -4.71. The number of hydrogen-bond donors (Lipinski definition) is 4. The van der Waals surface area contributed by atoms with E-state index in [9.17, 15) is 62.9 Å². The van der Waals surface area contributed by atoms with Gasteiger partial charge in [0.2, 0.25) is 0 Å². The van der Waals surface area contributed by atoms with Crippen molar-refractivity contribution in [3.63, 3.8) is 0 Å². The molecule has 162 valence electrons. The molecule has 0 amide bonds. The van der Waals surface area contributed by atoms with Crippen molar-refractivity contribution in [2.75, 3.05) is 0 Å². The van der Waals surface area contributed by atoms with Gasteiger partial charge in [0.1, 0.15) is 11.5 Å². The number of phenols is 2. The van der Waals surface area contributed by atoms with Gasteiger partial charge in [-0.3, -0.25) is 0 Å². The highest BCUT2D eigenvalue weighted by Crippen LogP contribution is 2.57. The minimum absolute atomic E-state index is 0.754. The smallest absolute Gasteiger partial charge is 0.430 e. The fourth-order valence-electron chi connectivity index (χ4n) is 2.09. The monoisotopic (exact) mass is 442 g/mol. The van der Waals surface area contributed by atoms with Crippen LogP contribution >= 0.6 is 0 Å². The van der Waals surface area contributed by atoms with Crippen molar-refractivity contribution in [1.82, 2.24) is 0 Å². The lowest BCUT2D eigenvalue weighted by atomic mass is 9.84. The van der Waals surface area contributed by atoms with E-state index in [4.69, 9.17) is 10.2 Å². The third kappa shape index (κ3) is 3.27. The van der Waals surface area contributed by atoms with Crippen LogP contribution in [0.4, 0.5) is 52.7 Å². The molecule has 0 aliphatic heterocycles. The molecule has 0 aliphatic rings. The van der Waals surface area contributed by atoms with Gasteiger partial charge < -0.3 is 20.4 Å². The van der Waals surface area contributed by atoms with Crippen LogP contribution in [0.25, 0.3) is 0 Å². The summed E-state index contributed by atoms with van der Waals surface area (Å²) in [6.45, 7) is 0. The highest BCUT2D eigenvalue weighted by atomic mass is 19.4. The van der Waals surface area contributed by atoms with E-state index < -0.39 is 70.7 Å². The Labute approximate surface area is 145 Å². The van der Waals surface area contributed by atoms with Crippen LogP contribution in [0.15, 0.2) is 12.1 Å². The summed E-state index contributed by atoms with van der Waals surface area (Å²) in [5, 5.41) is 36.5. The van der Waals surface area contributed by atoms with E-state index >= 15 is 0 Å². The molecule has 0 radical (unpaired) electrons. The largest absolute Gasteiger partial charge is 0.507 e. The molecule has 0 bridgehead atoms. The lowest BCUT2D eigenvalue weighted by Crippen LogP contribution is -2.55. The van der Waals surface area contributed by atoms with Crippen LogP contribution < -0.4 is 0 Å². The van der Waals surface area contributed by atoms with E-state index in [0.717, 1.165) is 0 Å². The maximum atomic E-state index is 12.8. The molecule has 16 heteroatoms. The Hall–Kier alpha value is -2.10. The van der Waals surface area contributed by atoms with Crippen LogP contribution in [0, 0.1) is 0 Å². The van der Waals surface area contributed by atoms with Crippen molar-refractivity contribution in [3.8, 4) is 11.5 Å². The van der Waals surface area contributed by atoms with Crippen molar-refractivity contribution in [2.45, 2.75) is 35.9 Å². The van der Waals surface area contributed by atoms with Gasteiger partial charge >= 0.3 is 24.7 Å².